The molecule has 2 aromatic rings. The van der Waals surface area contributed by atoms with Gasteiger partial charge in [-0.05, 0) is 31.9 Å². The number of phenols is 1. The number of ether oxygens (including phenoxy) is 2. The first kappa shape index (κ1) is 18.7. The molecule has 0 aliphatic carbocycles. The van der Waals surface area contributed by atoms with Gasteiger partial charge in [0.1, 0.15) is 18.0 Å². The second-order valence-corrected chi connectivity index (χ2v) is 5.67. The van der Waals surface area contributed by atoms with Gasteiger partial charge in [0.2, 0.25) is 0 Å². The Morgan fingerprint density at radius 3 is 2.68 bits per heavy atom. The minimum Gasteiger partial charge on any atom is -0.504 e. The Hall–Kier alpha value is -2.67. The van der Waals surface area contributed by atoms with Gasteiger partial charge in [0.05, 0.1) is 6.61 Å². The third-order valence-corrected chi connectivity index (χ3v) is 3.94. The van der Waals surface area contributed by atoms with Gasteiger partial charge in [-0.1, -0.05) is 0 Å². The minimum atomic E-state index is -0.623. The summed E-state index contributed by atoms with van der Waals surface area (Å²) in [6.45, 7) is 3.64. The van der Waals surface area contributed by atoms with Gasteiger partial charge in [0.25, 0.3) is 0 Å². The average Bonchev–Trinajstić information content (AvgIpc) is 2.56. The van der Waals surface area contributed by atoms with Gasteiger partial charge in [-0.25, -0.2) is 4.79 Å². The summed E-state index contributed by atoms with van der Waals surface area (Å²) in [5.41, 5.74) is 0.186. The van der Waals surface area contributed by atoms with Crippen LogP contribution in [0, 0.1) is 6.92 Å². The van der Waals surface area contributed by atoms with Crippen LogP contribution in [0.15, 0.2) is 15.3 Å². The Balaban J connectivity index is 2.64. The van der Waals surface area contributed by atoms with Crippen LogP contribution >= 0.6 is 0 Å². The molecule has 1 N–H and O–H groups in total. The molecule has 0 spiro atoms. The molecule has 0 radical (unpaired) electrons. The van der Waals surface area contributed by atoms with Gasteiger partial charge in [-0.15, -0.1) is 0 Å². The summed E-state index contributed by atoms with van der Waals surface area (Å²) >= 11 is 0. The molecule has 0 aliphatic rings. The number of benzene rings is 1. The summed E-state index contributed by atoms with van der Waals surface area (Å²) in [6, 6.07) is 1.52. The van der Waals surface area contributed by atoms with Crippen LogP contribution in [0.4, 0.5) is 0 Å². The van der Waals surface area contributed by atoms with Gasteiger partial charge in [0.15, 0.2) is 23.4 Å². The summed E-state index contributed by atoms with van der Waals surface area (Å²) in [5.74, 6) is -0.333. The van der Waals surface area contributed by atoms with E-state index in [1.807, 2.05) is 0 Å². The van der Waals surface area contributed by atoms with Crippen LogP contribution < -0.4 is 10.4 Å². The number of carbonyl (C=O) groups is 2. The van der Waals surface area contributed by atoms with Crippen molar-refractivity contribution < 1.29 is 28.6 Å². The Morgan fingerprint density at radius 1 is 1.36 bits per heavy atom. The summed E-state index contributed by atoms with van der Waals surface area (Å²) in [7, 11) is 1.51. The molecule has 25 heavy (non-hydrogen) atoms. The van der Waals surface area contributed by atoms with Crippen molar-refractivity contribution >= 4 is 23.0 Å². The highest BCUT2D eigenvalue weighted by molar-refractivity contribution is 6.00. The predicted molar refractivity (Wildman–Crippen MR) is 90.6 cm³/mol. The van der Waals surface area contributed by atoms with Crippen molar-refractivity contribution in [1.29, 1.82) is 0 Å². The number of rotatable bonds is 8. The molecule has 0 fully saturated rings. The quantitative estimate of drug-likeness (QED) is 0.443. The molecule has 2 rings (SSSR count). The van der Waals surface area contributed by atoms with Gasteiger partial charge in [-0.2, -0.15) is 0 Å². The zero-order chi connectivity index (χ0) is 18.6. The lowest BCUT2D eigenvalue weighted by atomic mass is 9.99. The zero-order valence-electron chi connectivity index (χ0n) is 14.4. The van der Waals surface area contributed by atoms with Crippen molar-refractivity contribution in [3.8, 4) is 11.5 Å². The van der Waals surface area contributed by atoms with E-state index in [9.17, 15) is 19.5 Å². The SMILES string of the molecule is COCCOc1cc2c(C)c(CCC(C)=O)c(=O)oc2c(C=O)c1O. The van der Waals surface area contributed by atoms with Crippen LogP contribution in [0.2, 0.25) is 0 Å². The fourth-order valence-corrected chi connectivity index (χ4v) is 2.55. The zero-order valence-corrected chi connectivity index (χ0v) is 14.4. The fourth-order valence-electron chi connectivity index (χ4n) is 2.55. The second-order valence-electron chi connectivity index (χ2n) is 5.67. The molecule has 1 aromatic carbocycles. The molecule has 134 valence electrons. The first-order valence-electron chi connectivity index (χ1n) is 7.79. The van der Waals surface area contributed by atoms with E-state index in [0.29, 0.717) is 29.4 Å². The number of aromatic hydroxyl groups is 1. The average molecular weight is 348 g/mol. The molecule has 0 saturated carbocycles. The van der Waals surface area contributed by atoms with Crippen LogP contribution in [0.1, 0.15) is 34.8 Å². The van der Waals surface area contributed by atoms with Gasteiger partial charge >= 0.3 is 5.63 Å². The number of ketones is 1. The fraction of sp³-hybridized carbons (Fsp3) is 0.389. The number of phenolic OH excluding ortho intramolecular Hbond substituents is 1. The summed E-state index contributed by atoms with van der Waals surface area (Å²) in [5, 5.41) is 10.7. The topological polar surface area (TPSA) is 103 Å². The number of aldehydes is 1. The van der Waals surface area contributed by atoms with Crippen LogP contribution in [-0.4, -0.2) is 37.5 Å². The summed E-state index contributed by atoms with van der Waals surface area (Å²) in [6.07, 6.45) is 0.877. The van der Waals surface area contributed by atoms with Crippen molar-refractivity contribution in [3.05, 3.63) is 33.2 Å². The lowest BCUT2D eigenvalue weighted by Gasteiger charge is -2.13. The first-order chi connectivity index (χ1) is 11.9. The molecular formula is C18H20O7. The lowest BCUT2D eigenvalue weighted by Crippen LogP contribution is -2.13. The van der Waals surface area contributed by atoms with E-state index in [1.54, 1.807) is 6.92 Å². The van der Waals surface area contributed by atoms with E-state index in [4.69, 9.17) is 13.9 Å². The van der Waals surface area contributed by atoms with Crippen molar-refractivity contribution in [2.24, 2.45) is 0 Å². The third-order valence-electron chi connectivity index (χ3n) is 3.94. The van der Waals surface area contributed by atoms with Gasteiger partial charge < -0.3 is 23.8 Å². The van der Waals surface area contributed by atoms with Crippen molar-refractivity contribution in [2.75, 3.05) is 20.3 Å². The summed E-state index contributed by atoms with van der Waals surface area (Å²) in [4.78, 5) is 34.8. The van der Waals surface area contributed by atoms with Crippen LogP contribution in [0.5, 0.6) is 11.5 Å². The maximum Gasteiger partial charge on any atom is 0.339 e. The second kappa shape index (κ2) is 7.94. The molecule has 0 aliphatic heterocycles. The monoisotopic (exact) mass is 348 g/mol. The maximum atomic E-state index is 12.2. The standard InChI is InChI=1S/C18H20O7/c1-10(20)4-5-12-11(2)13-8-15(24-7-6-23-3)16(21)14(9-19)17(13)25-18(12)22/h8-9,21H,4-7H2,1-3H3. The number of fused-ring (bicyclic) bond motifs is 1. The normalized spacial score (nSPS) is 10.8. The predicted octanol–water partition coefficient (Wildman–Crippen LogP) is 2.17. The molecule has 1 aromatic heterocycles. The maximum absolute atomic E-state index is 12.2. The Kier molecular flexibility index (Phi) is 5.93. The van der Waals surface area contributed by atoms with Crippen molar-refractivity contribution in [1.82, 2.24) is 0 Å². The lowest BCUT2D eigenvalue weighted by molar-refractivity contribution is -0.116. The molecule has 7 heteroatoms. The van der Waals surface area contributed by atoms with Crippen LogP contribution in [-0.2, 0) is 16.0 Å². The Bertz CT molecular complexity index is 864. The van der Waals surface area contributed by atoms with E-state index in [0.717, 1.165) is 0 Å². The van der Waals surface area contributed by atoms with E-state index in [1.165, 1.54) is 20.1 Å². The molecule has 0 saturated heterocycles. The van der Waals surface area contributed by atoms with E-state index in [2.05, 4.69) is 0 Å². The highest BCUT2D eigenvalue weighted by Crippen LogP contribution is 2.37. The highest BCUT2D eigenvalue weighted by Gasteiger charge is 2.20. The van der Waals surface area contributed by atoms with Crippen LogP contribution in [0.25, 0.3) is 11.0 Å². The smallest absolute Gasteiger partial charge is 0.339 e. The molecule has 0 atom stereocenters. The number of methoxy groups -OCH3 is 1. The molecule has 0 bridgehead atoms. The van der Waals surface area contributed by atoms with Gasteiger partial charge in [-0.3, -0.25) is 4.79 Å². The molecule has 0 amide bonds. The largest absolute Gasteiger partial charge is 0.504 e. The van der Waals surface area contributed by atoms with Crippen molar-refractivity contribution in [3.63, 3.8) is 0 Å². The Labute approximate surface area is 144 Å². The minimum absolute atomic E-state index is 0.000617. The number of aryl methyl sites for hydroxylation is 1. The van der Waals surface area contributed by atoms with E-state index < -0.39 is 11.4 Å². The third kappa shape index (κ3) is 3.88. The molecular weight excluding hydrogens is 328 g/mol. The Morgan fingerprint density at radius 2 is 2.08 bits per heavy atom. The van der Waals surface area contributed by atoms with Crippen molar-refractivity contribution in [2.45, 2.75) is 26.7 Å². The van der Waals surface area contributed by atoms with E-state index >= 15 is 0 Å². The number of Topliss-reactive ketones (excluding diaryl/α,β-unsaturated/α-hetero) is 1. The molecule has 7 nitrogen and oxygen atoms in total. The van der Waals surface area contributed by atoms with Crippen LogP contribution in [0.3, 0.4) is 0 Å². The first-order valence-corrected chi connectivity index (χ1v) is 7.79. The van der Waals surface area contributed by atoms with E-state index in [-0.39, 0.29) is 42.1 Å². The molecule has 1 heterocycles. The number of carbonyl (C=O) groups excluding carboxylic acids is 2. The number of hydrogen-bond acceptors (Lipinski definition) is 7. The summed E-state index contributed by atoms with van der Waals surface area (Å²) < 4.78 is 15.6. The highest BCUT2D eigenvalue weighted by atomic mass is 16.5. The molecule has 0 unspecified atom stereocenters. The number of hydrogen-bond donors (Lipinski definition) is 1. The van der Waals surface area contributed by atoms with Gasteiger partial charge in [0, 0.05) is 24.5 Å².